The van der Waals surface area contributed by atoms with Crippen molar-refractivity contribution in [2.75, 3.05) is 0 Å². The van der Waals surface area contributed by atoms with Gasteiger partial charge in [0.05, 0.1) is 12.5 Å². The van der Waals surface area contributed by atoms with Crippen LogP contribution in [0.1, 0.15) is 27.2 Å². The molecule has 0 aromatic carbocycles. The van der Waals surface area contributed by atoms with E-state index in [1.807, 2.05) is 33.0 Å². The van der Waals surface area contributed by atoms with Gasteiger partial charge in [-0.15, -0.1) is 0 Å². The van der Waals surface area contributed by atoms with Gasteiger partial charge in [-0.2, -0.15) is 5.10 Å². The Hall–Kier alpha value is -1.85. The Morgan fingerprint density at radius 1 is 1.55 bits per heavy atom. The van der Waals surface area contributed by atoms with Crippen molar-refractivity contribution in [3.05, 3.63) is 18.5 Å². The van der Waals surface area contributed by atoms with E-state index in [2.05, 4.69) is 5.10 Å². The molecule has 2 rings (SSSR count). The summed E-state index contributed by atoms with van der Waals surface area (Å²) in [7, 11) is 0. The maximum Gasteiger partial charge on any atom is 0.308 e. The van der Waals surface area contributed by atoms with E-state index in [0.29, 0.717) is 13.0 Å². The van der Waals surface area contributed by atoms with Crippen molar-refractivity contribution in [1.82, 2.24) is 14.7 Å². The Balaban J connectivity index is 2.16. The Morgan fingerprint density at radius 2 is 2.25 bits per heavy atom. The van der Waals surface area contributed by atoms with Crippen LogP contribution in [0.25, 0.3) is 0 Å². The topological polar surface area (TPSA) is 75.4 Å². The highest BCUT2D eigenvalue weighted by Gasteiger charge is 2.43. The van der Waals surface area contributed by atoms with Gasteiger partial charge in [-0.1, -0.05) is 6.92 Å². The number of piperidine rings is 1. The minimum atomic E-state index is -0.825. The van der Waals surface area contributed by atoms with Crippen LogP contribution < -0.4 is 0 Å². The Morgan fingerprint density at radius 3 is 2.80 bits per heavy atom. The molecule has 1 amide bonds. The van der Waals surface area contributed by atoms with Crippen LogP contribution in [0.5, 0.6) is 0 Å². The van der Waals surface area contributed by atoms with Gasteiger partial charge in [-0.25, -0.2) is 0 Å². The van der Waals surface area contributed by atoms with Crippen molar-refractivity contribution in [1.29, 1.82) is 0 Å². The summed E-state index contributed by atoms with van der Waals surface area (Å²) in [6.45, 7) is 6.17. The largest absolute Gasteiger partial charge is 0.481 e. The second kappa shape index (κ2) is 5.64. The monoisotopic (exact) mass is 279 g/mol. The number of nitrogens with zero attached hydrogens (tertiary/aromatic N) is 3. The number of carboxylic acid groups (broad SMARTS) is 1. The molecule has 0 radical (unpaired) electrons. The number of carbonyl (C=O) groups is 2. The maximum atomic E-state index is 12.3. The number of hydrogen-bond acceptors (Lipinski definition) is 3. The van der Waals surface area contributed by atoms with Gasteiger partial charge in [0.25, 0.3) is 0 Å². The van der Waals surface area contributed by atoms with Gasteiger partial charge < -0.3 is 10.0 Å². The van der Waals surface area contributed by atoms with Crippen molar-refractivity contribution in [2.24, 2.45) is 11.8 Å². The van der Waals surface area contributed by atoms with Crippen molar-refractivity contribution in [2.45, 2.75) is 45.8 Å². The minimum Gasteiger partial charge on any atom is -0.481 e. The van der Waals surface area contributed by atoms with Gasteiger partial charge in [0, 0.05) is 30.9 Å². The summed E-state index contributed by atoms with van der Waals surface area (Å²) in [5, 5.41) is 13.5. The third kappa shape index (κ3) is 2.69. The van der Waals surface area contributed by atoms with Crippen LogP contribution in [-0.2, 0) is 16.1 Å². The zero-order valence-corrected chi connectivity index (χ0v) is 12.1. The number of amides is 1. The first-order chi connectivity index (χ1) is 9.41. The predicted octanol–water partition coefficient (Wildman–Crippen LogP) is 1.23. The average Bonchev–Trinajstić information content (AvgIpc) is 2.79. The smallest absolute Gasteiger partial charge is 0.308 e. The lowest BCUT2D eigenvalue weighted by Crippen LogP contribution is -2.56. The lowest BCUT2D eigenvalue weighted by Gasteiger charge is -2.43. The number of likely N-dealkylation sites (tertiary alicyclic amines) is 1. The first-order valence-electron chi connectivity index (χ1n) is 6.93. The molecule has 0 saturated carbocycles. The van der Waals surface area contributed by atoms with E-state index < -0.39 is 11.9 Å². The normalized spacial score (nSPS) is 28.4. The van der Waals surface area contributed by atoms with Crippen molar-refractivity contribution in [3.63, 3.8) is 0 Å². The molecule has 110 valence electrons. The van der Waals surface area contributed by atoms with Crippen LogP contribution in [0.3, 0.4) is 0 Å². The molecule has 1 aromatic rings. The number of carbonyl (C=O) groups excluding carboxylic acids is 1. The zero-order chi connectivity index (χ0) is 14.9. The Labute approximate surface area is 118 Å². The van der Waals surface area contributed by atoms with E-state index in [-0.39, 0.29) is 23.9 Å². The van der Waals surface area contributed by atoms with Crippen molar-refractivity contribution >= 4 is 11.9 Å². The fourth-order valence-electron chi connectivity index (χ4n) is 3.25. The summed E-state index contributed by atoms with van der Waals surface area (Å²) < 4.78 is 1.76. The average molecular weight is 279 g/mol. The molecule has 1 aromatic heterocycles. The minimum absolute atomic E-state index is 0.0298. The van der Waals surface area contributed by atoms with Crippen LogP contribution in [0.4, 0.5) is 0 Å². The number of rotatable bonds is 4. The molecule has 1 aliphatic rings. The predicted molar refractivity (Wildman–Crippen MR) is 72.9 cm³/mol. The van der Waals surface area contributed by atoms with Crippen LogP contribution in [0.2, 0.25) is 0 Å². The molecule has 1 fully saturated rings. The highest BCUT2D eigenvalue weighted by molar-refractivity contribution is 5.82. The molecular weight excluding hydrogens is 258 g/mol. The molecule has 0 bridgehead atoms. The summed E-state index contributed by atoms with van der Waals surface area (Å²) in [6, 6.07) is 1.46. The second-order valence-electron chi connectivity index (χ2n) is 5.66. The molecular formula is C14H21N3O3. The summed E-state index contributed by atoms with van der Waals surface area (Å²) in [4.78, 5) is 25.4. The fourth-order valence-corrected chi connectivity index (χ4v) is 3.25. The molecule has 1 N–H and O–H groups in total. The maximum absolute atomic E-state index is 12.3. The van der Waals surface area contributed by atoms with Crippen LogP contribution in [-0.4, -0.2) is 43.7 Å². The first kappa shape index (κ1) is 14.6. The third-order valence-corrected chi connectivity index (χ3v) is 4.13. The number of aliphatic carboxylic acids is 1. The van der Waals surface area contributed by atoms with E-state index in [4.69, 9.17) is 0 Å². The standard InChI is InChI=1S/C14H21N3O3/c1-9-7-12(18)17(11(3)13(9)14(19)20)10(2)8-16-6-4-5-15-16/h4-6,9-11,13H,7-8H2,1-3H3,(H,19,20). The fraction of sp³-hybridized carbons (Fsp3) is 0.643. The van der Waals surface area contributed by atoms with Gasteiger partial charge >= 0.3 is 5.97 Å². The third-order valence-electron chi connectivity index (χ3n) is 4.13. The zero-order valence-electron chi connectivity index (χ0n) is 12.1. The second-order valence-corrected chi connectivity index (χ2v) is 5.66. The van der Waals surface area contributed by atoms with Gasteiger partial charge in [-0.05, 0) is 25.8 Å². The lowest BCUT2D eigenvalue weighted by atomic mass is 9.80. The molecule has 1 aliphatic heterocycles. The lowest BCUT2D eigenvalue weighted by molar-refractivity contribution is -0.156. The van der Waals surface area contributed by atoms with E-state index in [1.165, 1.54) is 0 Å². The molecule has 2 heterocycles. The molecule has 20 heavy (non-hydrogen) atoms. The highest BCUT2D eigenvalue weighted by Crippen LogP contribution is 2.31. The SMILES string of the molecule is CC1CC(=O)N(C(C)Cn2cccn2)C(C)C1C(=O)O. The number of carboxylic acids is 1. The van der Waals surface area contributed by atoms with Crippen LogP contribution in [0, 0.1) is 11.8 Å². The summed E-state index contributed by atoms with van der Waals surface area (Å²) >= 11 is 0. The molecule has 1 saturated heterocycles. The molecule has 4 unspecified atom stereocenters. The summed E-state index contributed by atoms with van der Waals surface area (Å²) in [5.41, 5.74) is 0. The van der Waals surface area contributed by atoms with Gasteiger partial charge in [0.2, 0.25) is 5.91 Å². The molecule has 0 spiro atoms. The van der Waals surface area contributed by atoms with Gasteiger partial charge in [0.1, 0.15) is 0 Å². The van der Waals surface area contributed by atoms with E-state index >= 15 is 0 Å². The first-order valence-corrected chi connectivity index (χ1v) is 6.93. The van der Waals surface area contributed by atoms with Crippen molar-refractivity contribution in [3.8, 4) is 0 Å². The molecule has 4 atom stereocenters. The molecule has 6 nitrogen and oxygen atoms in total. The quantitative estimate of drug-likeness (QED) is 0.899. The molecule has 6 heteroatoms. The van der Waals surface area contributed by atoms with Crippen molar-refractivity contribution < 1.29 is 14.7 Å². The number of hydrogen-bond donors (Lipinski definition) is 1. The highest BCUT2D eigenvalue weighted by atomic mass is 16.4. The van der Waals surface area contributed by atoms with E-state index in [9.17, 15) is 14.7 Å². The van der Waals surface area contributed by atoms with Gasteiger partial charge in [0.15, 0.2) is 0 Å². The van der Waals surface area contributed by atoms with Crippen LogP contribution in [0.15, 0.2) is 18.5 Å². The Kier molecular flexibility index (Phi) is 4.11. The van der Waals surface area contributed by atoms with E-state index in [0.717, 1.165) is 0 Å². The summed E-state index contributed by atoms with van der Waals surface area (Å²) in [5.74, 6) is -1.42. The molecule has 0 aliphatic carbocycles. The Bertz CT molecular complexity index is 486. The van der Waals surface area contributed by atoms with E-state index in [1.54, 1.807) is 15.8 Å². The summed E-state index contributed by atoms with van der Waals surface area (Å²) in [6.07, 6.45) is 3.83. The number of aromatic nitrogens is 2. The van der Waals surface area contributed by atoms with Gasteiger partial charge in [-0.3, -0.25) is 14.3 Å². The van der Waals surface area contributed by atoms with Crippen LogP contribution >= 0.6 is 0 Å².